The van der Waals surface area contributed by atoms with Gasteiger partial charge in [0.1, 0.15) is 5.69 Å². The number of nitrogens with zero attached hydrogens (tertiary/aromatic N) is 7. The monoisotopic (exact) mass is 293 g/mol. The highest BCUT2D eigenvalue weighted by Crippen LogP contribution is 2.30. The lowest BCUT2D eigenvalue weighted by Gasteiger charge is -2.08. The molecular weight excluding hydrogens is 282 g/mol. The number of anilines is 1. The molecule has 0 unspecified atom stereocenters. The van der Waals surface area contributed by atoms with Crippen LogP contribution in [0.3, 0.4) is 0 Å². The molecule has 1 aliphatic rings. The first kappa shape index (κ1) is 12.6. The van der Waals surface area contributed by atoms with Crippen molar-refractivity contribution in [1.29, 1.82) is 0 Å². The summed E-state index contributed by atoms with van der Waals surface area (Å²) in [5.41, 5.74) is 3.27. The maximum Gasteiger partial charge on any atom is 0.223 e. The molecule has 0 amide bonds. The zero-order chi connectivity index (χ0) is 14.9. The molecule has 0 aliphatic carbocycles. The highest BCUT2D eigenvalue weighted by atomic mass is 16.3. The summed E-state index contributed by atoms with van der Waals surface area (Å²) in [6.07, 6.45) is 2.49. The largest absolute Gasteiger partial charge is 0.253 e. The van der Waals surface area contributed by atoms with Crippen molar-refractivity contribution in [3.05, 3.63) is 53.1 Å². The Morgan fingerprint density at radius 3 is 2.95 bits per heavy atom. The van der Waals surface area contributed by atoms with E-state index in [0.717, 1.165) is 23.4 Å². The first-order valence-electron chi connectivity index (χ1n) is 6.81. The van der Waals surface area contributed by atoms with E-state index in [9.17, 15) is 4.91 Å². The Balaban J connectivity index is 1.72. The minimum Gasteiger partial charge on any atom is -0.253 e. The molecule has 1 aliphatic heterocycles. The normalized spacial score (nSPS) is 13.2. The Bertz CT molecular complexity index is 830. The van der Waals surface area contributed by atoms with Gasteiger partial charge in [-0.05, 0) is 41.5 Å². The lowest BCUT2D eigenvalue weighted by molar-refractivity contribution is 0.719. The zero-order valence-electron chi connectivity index (χ0n) is 11.5. The Labute approximate surface area is 125 Å². The summed E-state index contributed by atoms with van der Waals surface area (Å²) in [6, 6.07) is 11.2. The van der Waals surface area contributed by atoms with Crippen LogP contribution in [0.4, 0.5) is 5.69 Å². The van der Waals surface area contributed by atoms with Crippen LogP contribution < -0.4 is 5.01 Å². The smallest absolute Gasteiger partial charge is 0.223 e. The first-order chi connectivity index (χ1) is 10.8. The first-order valence-corrected chi connectivity index (χ1v) is 6.81. The molecule has 22 heavy (non-hydrogen) atoms. The molecule has 0 atom stereocenters. The van der Waals surface area contributed by atoms with Gasteiger partial charge in [0.05, 0.1) is 16.7 Å². The lowest BCUT2D eigenvalue weighted by atomic mass is 10.1. The second kappa shape index (κ2) is 4.99. The van der Waals surface area contributed by atoms with Gasteiger partial charge in [0.15, 0.2) is 0 Å². The second-order valence-corrected chi connectivity index (χ2v) is 4.89. The lowest BCUT2D eigenvalue weighted by Crippen LogP contribution is -2.11. The average molecular weight is 293 g/mol. The van der Waals surface area contributed by atoms with Crippen molar-refractivity contribution in [1.82, 2.24) is 25.2 Å². The molecule has 3 heterocycles. The number of aromatic nitrogens is 5. The van der Waals surface area contributed by atoms with Gasteiger partial charge >= 0.3 is 0 Å². The predicted molar refractivity (Wildman–Crippen MR) is 79.2 cm³/mol. The van der Waals surface area contributed by atoms with Gasteiger partial charge in [-0.25, -0.2) is 5.01 Å². The number of benzene rings is 1. The zero-order valence-corrected chi connectivity index (χ0v) is 11.5. The highest BCUT2D eigenvalue weighted by Gasteiger charge is 2.21. The summed E-state index contributed by atoms with van der Waals surface area (Å²) >= 11 is 0. The van der Waals surface area contributed by atoms with Gasteiger partial charge in [-0.1, -0.05) is 12.1 Å². The third-order valence-corrected chi connectivity index (χ3v) is 3.58. The van der Waals surface area contributed by atoms with E-state index in [-0.39, 0.29) is 0 Å². The summed E-state index contributed by atoms with van der Waals surface area (Å²) in [6.45, 7) is 0.603. The number of tetrazole rings is 1. The number of rotatable bonds is 3. The molecule has 0 spiro atoms. The topological polar surface area (TPSA) is 89.2 Å². The minimum absolute atomic E-state index is 0.450. The fourth-order valence-electron chi connectivity index (χ4n) is 2.48. The van der Waals surface area contributed by atoms with Crippen molar-refractivity contribution < 1.29 is 0 Å². The minimum atomic E-state index is 0.450. The molecule has 2 aromatic heterocycles. The van der Waals surface area contributed by atoms with Crippen LogP contribution in [-0.4, -0.2) is 31.7 Å². The maximum absolute atomic E-state index is 10.8. The Morgan fingerprint density at radius 1 is 1.18 bits per heavy atom. The van der Waals surface area contributed by atoms with Crippen LogP contribution in [0.2, 0.25) is 0 Å². The molecule has 108 valence electrons. The van der Waals surface area contributed by atoms with E-state index in [4.69, 9.17) is 0 Å². The van der Waals surface area contributed by atoms with Crippen molar-refractivity contribution in [3.63, 3.8) is 0 Å². The van der Waals surface area contributed by atoms with E-state index in [1.807, 2.05) is 36.4 Å². The molecular formula is C14H11N7O. The number of nitroso groups, excluding NO2 is 1. The van der Waals surface area contributed by atoms with Gasteiger partial charge in [-0.3, -0.25) is 4.98 Å². The molecule has 4 rings (SSSR count). The Kier molecular flexibility index (Phi) is 2.85. The van der Waals surface area contributed by atoms with Gasteiger partial charge in [0.2, 0.25) is 5.82 Å². The van der Waals surface area contributed by atoms with Crippen molar-refractivity contribution >= 4 is 5.69 Å². The molecule has 0 radical (unpaired) electrons. The van der Waals surface area contributed by atoms with Gasteiger partial charge < -0.3 is 0 Å². The average Bonchev–Trinajstić information content (AvgIpc) is 3.22. The van der Waals surface area contributed by atoms with E-state index in [1.165, 1.54) is 9.81 Å². The fourth-order valence-corrected chi connectivity index (χ4v) is 2.48. The van der Waals surface area contributed by atoms with Gasteiger partial charge in [0.25, 0.3) is 0 Å². The van der Waals surface area contributed by atoms with Crippen LogP contribution in [0.15, 0.2) is 47.9 Å². The van der Waals surface area contributed by atoms with E-state index < -0.39 is 0 Å². The van der Waals surface area contributed by atoms with Crippen molar-refractivity contribution in [2.24, 2.45) is 5.29 Å². The molecule has 8 nitrogen and oxygen atoms in total. The van der Waals surface area contributed by atoms with Crippen LogP contribution in [0, 0.1) is 4.91 Å². The predicted octanol–water partition coefficient (Wildman–Crippen LogP) is 1.77. The molecule has 1 aromatic carbocycles. The SMILES string of the molecule is O=NN1CCc2ccc(-n3nnc(-c4ccccn4)n3)cc21. The molecule has 0 fully saturated rings. The standard InChI is InChI=1S/C14H11N7O/c22-19-20-8-6-10-4-5-11(9-13(10)20)21-17-14(16-18-21)12-3-1-2-7-15-12/h1-5,7,9H,6,8H2. The number of hydrogen-bond acceptors (Lipinski definition) is 6. The summed E-state index contributed by atoms with van der Waals surface area (Å²) in [4.78, 5) is 16.4. The second-order valence-electron chi connectivity index (χ2n) is 4.89. The Hall–Kier alpha value is -3.16. The number of pyridine rings is 1. The van der Waals surface area contributed by atoms with Crippen LogP contribution >= 0.6 is 0 Å². The van der Waals surface area contributed by atoms with E-state index in [0.29, 0.717) is 18.1 Å². The van der Waals surface area contributed by atoms with Crippen LogP contribution in [0.1, 0.15) is 5.56 Å². The molecule has 0 saturated heterocycles. The Morgan fingerprint density at radius 2 is 2.14 bits per heavy atom. The summed E-state index contributed by atoms with van der Waals surface area (Å²) < 4.78 is 0. The van der Waals surface area contributed by atoms with Crippen LogP contribution in [0.5, 0.6) is 0 Å². The summed E-state index contributed by atoms with van der Waals surface area (Å²) in [5, 5.41) is 16.9. The fraction of sp³-hybridized carbons (Fsp3) is 0.143. The van der Waals surface area contributed by atoms with E-state index in [1.54, 1.807) is 6.20 Å². The molecule has 0 N–H and O–H groups in total. The highest BCUT2D eigenvalue weighted by molar-refractivity contribution is 5.61. The molecule has 3 aromatic rings. The van der Waals surface area contributed by atoms with Crippen molar-refractivity contribution in [2.45, 2.75) is 6.42 Å². The third kappa shape index (κ3) is 2.01. The van der Waals surface area contributed by atoms with Crippen LogP contribution in [-0.2, 0) is 6.42 Å². The van der Waals surface area contributed by atoms with Gasteiger partial charge in [-0.2, -0.15) is 0 Å². The summed E-state index contributed by atoms with van der Waals surface area (Å²) in [5.74, 6) is 0.450. The van der Waals surface area contributed by atoms with E-state index >= 15 is 0 Å². The quantitative estimate of drug-likeness (QED) is 0.684. The number of fused-ring (bicyclic) bond motifs is 1. The van der Waals surface area contributed by atoms with Crippen molar-refractivity contribution in [2.75, 3.05) is 11.6 Å². The van der Waals surface area contributed by atoms with E-state index in [2.05, 4.69) is 25.7 Å². The van der Waals surface area contributed by atoms with Crippen molar-refractivity contribution in [3.8, 4) is 17.2 Å². The van der Waals surface area contributed by atoms with Gasteiger partial charge in [0, 0.05) is 12.7 Å². The molecule has 0 bridgehead atoms. The van der Waals surface area contributed by atoms with Gasteiger partial charge in [-0.15, -0.1) is 19.9 Å². The summed E-state index contributed by atoms with van der Waals surface area (Å²) in [7, 11) is 0. The maximum atomic E-state index is 10.8. The molecule has 8 heteroatoms. The third-order valence-electron chi connectivity index (χ3n) is 3.58. The number of hydrogen-bond donors (Lipinski definition) is 0. The molecule has 0 saturated carbocycles. The van der Waals surface area contributed by atoms with Crippen LogP contribution in [0.25, 0.3) is 17.2 Å².